The van der Waals surface area contributed by atoms with E-state index in [0.29, 0.717) is 16.7 Å². The molecule has 0 aliphatic rings. The molecule has 0 aliphatic heterocycles. The quantitative estimate of drug-likeness (QED) is 0.762. The maximum Gasteiger partial charge on any atom is 0.251 e. The van der Waals surface area contributed by atoms with Crippen LogP contribution in [0.1, 0.15) is 10.4 Å². The van der Waals surface area contributed by atoms with Gasteiger partial charge in [-0.15, -0.1) is 0 Å². The number of hydrogen-bond acceptors (Lipinski definition) is 4. The summed E-state index contributed by atoms with van der Waals surface area (Å²) < 4.78 is 26.0. The molecule has 3 rings (SSSR count). The van der Waals surface area contributed by atoms with Crippen LogP contribution in [-0.2, 0) is 4.79 Å². The van der Waals surface area contributed by atoms with Crippen molar-refractivity contribution in [1.82, 2.24) is 15.3 Å². The summed E-state index contributed by atoms with van der Waals surface area (Å²) in [6, 6.07) is 7.76. The number of nitrogens with zero attached hydrogens (tertiary/aromatic N) is 2. The first-order chi connectivity index (χ1) is 12.0. The second kappa shape index (κ2) is 7.00. The van der Waals surface area contributed by atoms with Crippen molar-refractivity contribution in [2.45, 2.75) is 0 Å². The highest BCUT2D eigenvalue weighted by molar-refractivity contribution is 5.99. The molecule has 1 heterocycles. The summed E-state index contributed by atoms with van der Waals surface area (Å²) in [5.41, 5.74) is 1.73. The van der Waals surface area contributed by atoms with Gasteiger partial charge in [0, 0.05) is 23.6 Å². The van der Waals surface area contributed by atoms with E-state index in [1.807, 2.05) is 0 Å². The number of carbonyl (C=O) groups is 2. The van der Waals surface area contributed by atoms with E-state index < -0.39 is 23.4 Å². The van der Waals surface area contributed by atoms with Crippen molar-refractivity contribution >= 4 is 28.5 Å². The van der Waals surface area contributed by atoms with Crippen molar-refractivity contribution in [3.63, 3.8) is 0 Å². The average molecular weight is 342 g/mol. The largest absolute Gasteiger partial charge is 0.343 e. The third-order valence-corrected chi connectivity index (χ3v) is 3.34. The standard InChI is InChI=1S/C17H12F2N4O2/c18-12-3-1-10(7-13(12)19)17(25)22-9-16(24)23-11-2-4-14-15(8-11)21-6-5-20-14/h1-8H,9H2,(H,22,25)(H,23,24). The molecule has 0 fully saturated rings. The summed E-state index contributed by atoms with van der Waals surface area (Å²) >= 11 is 0. The lowest BCUT2D eigenvalue weighted by molar-refractivity contribution is -0.115. The Morgan fingerprint density at radius 1 is 0.920 bits per heavy atom. The Kier molecular flexibility index (Phi) is 4.60. The Labute approximate surface area is 140 Å². The highest BCUT2D eigenvalue weighted by atomic mass is 19.2. The van der Waals surface area contributed by atoms with Crippen LogP contribution in [0.15, 0.2) is 48.8 Å². The molecule has 0 saturated heterocycles. The Morgan fingerprint density at radius 2 is 1.68 bits per heavy atom. The summed E-state index contributed by atoms with van der Waals surface area (Å²) in [6.45, 7) is -0.323. The Morgan fingerprint density at radius 3 is 2.44 bits per heavy atom. The maximum absolute atomic E-state index is 13.1. The van der Waals surface area contributed by atoms with E-state index in [0.717, 1.165) is 18.2 Å². The molecule has 6 nitrogen and oxygen atoms in total. The van der Waals surface area contributed by atoms with Gasteiger partial charge in [-0.2, -0.15) is 0 Å². The fourth-order valence-electron chi connectivity index (χ4n) is 2.15. The van der Waals surface area contributed by atoms with Crippen LogP contribution in [0.25, 0.3) is 11.0 Å². The van der Waals surface area contributed by atoms with Crippen molar-refractivity contribution in [1.29, 1.82) is 0 Å². The van der Waals surface area contributed by atoms with Gasteiger partial charge in [-0.3, -0.25) is 19.6 Å². The van der Waals surface area contributed by atoms with Gasteiger partial charge in [0.1, 0.15) is 0 Å². The van der Waals surface area contributed by atoms with Gasteiger partial charge in [-0.05, 0) is 36.4 Å². The predicted molar refractivity (Wildman–Crippen MR) is 86.9 cm³/mol. The van der Waals surface area contributed by atoms with Crippen LogP contribution < -0.4 is 10.6 Å². The van der Waals surface area contributed by atoms with Gasteiger partial charge in [-0.1, -0.05) is 0 Å². The van der Waals surface area contributed by atoms with Crippen LogP contribution in [-0.4, -0.2) is 28.3 Å². The minimum Gasteiger partial charge on any atom is -0.343 e. The monoisotopic (exact) mass is 342 g/mol. The van der Waals surface area contributed by atoms with Crippen molar-refractivity contribution in [2.24, 2.45) is 0 Å². The number of benzene rings is 2. The molecule has 0 aliphatic carbocycles. The molecule has 0 radical (unpaired) electrons. The van der Waals surface area contributed by atoms with E-state index >= 15 is 0 Å². The normalized spacial score (nSPS) is 10.5. The summed E-state index contributed by atoms with van der Waals surface area (Å²) in [4.78, 5) is 32.0. The van der Waals surface area contributed by atoms with Crippen LogP contribution in [0.2, 0.25) is 0 Å². The zero-order valence-electron chi connectivity index (χ0n) is 12.8. The van der Waals surface area contributed by atoms with Crippen LogP contribution >= 0.6 is 0 Å². The molecule has 8 heteroatoms. The molecule has 0 bridgehead atoms. The summed E-state index contributed by atoms with van der Waals surface area (Å²) in [6.07, 6.45) is 3.10. The molecule has 0 saturated carbocycles. The average Bonchev–Trinajstić information content (AvgIpc) is 2.62. The summed E-state index contributed by atoms with van der Waals surface area (Å²) in [7, 11) is 0. The first-order valence-electron chi connectivity index (χ1n) is 7.27. The number of carbonyl (C=O) groups excluding carboxylic acids is 2. The fourth-order valence-corrected chi connectivity index (χ4v) is 2.15. The molecular formula is C17H12F2N4O2. The topological polar surface area (TPSA) is 84.0 Å². The van der Waals surface area contributed by atoms with E-state index in [9.17, 15) is 18.4 Å². The second-order valence-electron chi connectivity index (χ2n) is 5.12. The van der Waals surface area contributed by atoms with Crippen LogP contribution in [0, 0.1) is 11.6 Å². The molecule has 25 heavy (non-hydrogen) atoms. The first-order valence-corrected chi connectivity index (χ1v) is 7.27. The highest BCUT2D eigenvalue weighted by Crippen LogP contribution is 2.14. The maximum atomic E-state index is 13.1. The first kappa shape index (κ1) is 16.4. The zero-order chi connectivity index (χ0) is 17.8. The van der Waals surface area contributed by atoms with Crippen LogP contribution in [0.4, 0.5) is 14.5 Å². The number of rotatable bonds is 4. The molecule has 0 spiro atoms. The number of anilines is 1. The predicted octanol–water partition coefficient (Wildman–Crippen LogP) is 2.28. The molecule has 1 aromatic heterocycles. The number of amides is 2. The number of nitrogens with one attached hydrogen (secondary N) is 2. The third kappa shape index (κ3) is 3.92. The number of aromatic nitrogens is 2. The van der Waals surface area contributed by atoms with Gasteiger partial charge >= 0.3 is 0 Å². The second-order valence-corrected chi connectivity index (χ2v) is 5.12. The van der Waals surface area contributed by atoms with Gasteiger partial charge < -0.3 is 10.6 Å². The molecule has 0 unspecified atom stereocenters. The minimum atomic E-state index is -1.13. The van der Waals surface area contributed by atoms with E-state index in [2.05, 4.69) is 20.6 Å². The Hall–Kier alpha value is -3.42. The van der Waals surface area contributed by atoms with E-state index in [1.54, 1.807) is 24.4 Å². The molecule has 0 atom stereocenters. The Bertz CT molecular complexity index is 962. The smallest absolute Gasteiger partial charge is 0.251 e. The molecule has 2 aromatic carbocycles. The van der Waals surface area contributed by atoms with Crippen LogP contribution in [0.3, 0.4) is 0 Å². The van der Waals surface area contributed by atoms with Gasteiger partial charge in [0.05, 0.1) is 17.6 Å². The van der Waals surface area contributed by atoms with Gasteiger partial charge in [0.25, 0.3) is 5.91 Å². The molecule has 2 N–H and O–H groups in total. The third-order valence-electron chi connectivity index (χ3n) is 3.34. The number of halogens is 2. The lowest BCUT2D eigenvalue weighted by Crippen LogP contribution is -2.32. The lowest BCUT2D eigenvalue weighted by atomic mass is 10.2. The van der Waals surface area contributed by atoms with Gasteiger partial charge in [0.2, 0.25) is 5.91 Å². The highest BCUT2D eigenvalue weighted by Gasteiger charge is 2.11. The van der Waals surface area contributed by atoms with E-state index in [4.69, 9.17) is 0 Å². The van der Waals surface area contributed by atoms with Crippen molar-refractivity contribution in [3.05, 3.63) is 66.0 Å². The van der Waals surface area contributed by atoms with Crippen molar-refractivity contribution in [2.75, 3.05) is 11.9 Å². The lowest BCUT2D eigenvalue weighted by Gasteiger charge is -2.08. The molecule has 2 amide bonds. The van der Waals surface area contributed by atoms with Gasteiger partial charge in [-0.25, -0.2) is 8.78 Å². The fraction of sp³-hybridized carbons (Fsp3) is 0.0588. The summed E-state index contributed by atoms with van der Waals surface area (Å²) in [5.74, 6) is -3.33. The van der Waals surface area contributed by atoms with Crippen molar-refractivity contribution in [3.8, 4) is 0 Å². The van der Waals surface area contributed by atoms with E-state index in [1.165, 1.54) is 6.20 Å². The Balaban J connectivity index is 1.59. The van der Waals surface area contributed by atoms with Crippen molar-refractivity contribution < 1.29 is 18.4 Å². The molecular weight excluding hydrogens is 330 g/mol. The minimum absolute atomic E-state index is 0.0762. The number of fused-ring (bicyclic) bond motifs is 1. The van der Waals surface area contributed by atoms with Crippen LogP contribution in [0.5, 0.6) is 0 Å². The molecule has 126 valence electrons. The van der Waals surface area contributed by atoms with Gasteiger partial charge in [0.15, 0.2) is 11.6 Å². The summed E-state index contributed by atoms with van der Waals surface area (Å²) in [5, 5.41) is 4.94. The van der Waals surface area contributed by atoms with E-state index in [-0.39, 0.29) is 12.1 Å². The number of hydrogen-bond donors (Lipinski definition) is 2. The molecule has 3 aromatic rings. The zero-order valence-corrected chi connectivity index (χ0v) is 12.8. The SMILES string of the molecule is O=C(CNC(=O)c1ccc(F)c(F)c1)Nc1ccc2nccnc2c1.